The van der Waals surface area contributed by atoms with Gasteiger partial charge >= 0.3 is 0 Å². The Morgan fingerprint density at radius 1 is 0.321 bits per heavy atom. The molecule has 10 aromatic rings. The first-order valence-corrected chi connectivity index (χ1v) is 19.8. The average molecular weight is 711 g/mol. The minimum atomic E-state index is 0.0887. The van der Waals surface area contributed by atoms with Gasteiger partial charge < -0.3 is 0 Å². The molecule has 0 aromatic heterocycles. The second-order valence-electron chi connectivity index (χ2n) is 15.7. The molecule has 11 rings (SSSR count). The molecule has 1 heterocycles. The van der Waals surface area contributed by atoms with Gasteiger partial charge in [0.2, 0.25) is 6.71 Å². The maximum atomic E-state index is 2.58. The fourth-order valence-electron chi connectivity index (χ4n) is 10.2. The lowest BCUT2D eigenvalue weighted by atomic mass is 9.32. The second kappa shape index (κ2) is 12.7. The zero-order valence-corrected chi connectivity index (χ0v) is 31.9. The lowest BCUT2D eigenvalue weighted by Gasteiger charge is -2.32. The molecule has 0 amide bonds. The molecule has 56 heavy (non-hydrogen) atoms. The van der Waals surface area contributed by atoms with Crippen LogP contribution in [0.25, 0.3) is 88.0 Å². The topological polar surface area (TPSA) is 0 Å². The largest absolute Gasteiger partial charge is 0.243 e. The third-order valence-corrected chi connectivity index (χ3v) is 12.4. The zero-order valence-electron chi connectivity index (χ0n) is 31.9. The Kier molecular flexibility index (Phi) is 7.41. The summed E-state index contributed by atoms with van der Waals surface area (Å²) in [6.07, 6.45) is 0. The summed E-state index contributed by atoms with van der Waals surface area (Å²) < 4.78 is 0. The van der Waals surface area contributed by atoms with Crippen molar-refractivity contribution in [2.45, 2.75) is 20.8 Å². The van der Waals surface area contributed by atoms with Gasteiger partial charge in [0.1, 0.15) is 0 Å². The van der Waals surface area contributed by atoms with E-state index in [2.05, 4.69) is 203 Å². The summed E-state index contributed by atoms with van der Waals surface area (Å²) in [5.74, 6) is 0. The Labute approximate surface area is 329 Å². The standard InChI is InChI=1S/C55H39B/c1-34-30-35(2)55(36(3)31-34)56-50-25-15-14-24-45(50)48-32-47(43-23-13-11-21-41(43)38-18-8-5-9-19-38)46-29-27-39-26-28-44(49-33-51(56)53(48)54(46)52(39)49)42-22-12-10-20-40(42)37-16-6-4-7-17-37/h4-33H,1-3H3. The molecule has 0 spiro atoms. The van der Waals surface area contributed by atoms with Crippen LogP contribution in [-0.2, 0) is 0 Å². The van der Waals surface area contributed by atoms with Crippen molar-refractivity contribution in [2.24, 2.45) is 0 Å². The fraction of sp³-hybridized carbons (Fsp3) is 0.0545. The summed E-state index contributed by atoms with van der Waals surface area (Å²) in [5.41, 5.74) is 20.9. The predicted molar refractivity (Wildman–Crippen MR) is 243 cm³/mol. The molecule has 0 bridgehead atoms. The molecule has 262 valence electrons. The van der Waals surface area contributed by atoms with E-state index in [4.69, 9.17) is 0 Å². The van der Waals surface area contributed by atoms with Gasteiger partial charge in [-0.05, 0) is 115 Å². The van der Waals surface area contributed by atoms with Gasteiger partial charge in [-0.25, -0.2) is 0 Å². The first-order chi connectivity index (χ1) is 27.5. The number of fused-ring (bicyclic) bond motifs is 2. The van der Waals surface area contributed by atoms with E-state index in [1.165, 1.54) is 121 Å². The molecule has 0 radical (unpaired) electrons. The van der Waals surface area contributed by atoms with Crippen LogP contribution in [0.1, 0.15) is 16.7 Å². The average Bonchev–Trinajstić information content (AvgIpc) is 3.24. The van der Waals surface area contributed by atoms with Crippen LogP contribution in [0.5, 0.6) is 0 Å². The van der Waals surface area contributed by atoms with E-state index in [1.54, 1.807) is 0 Å². The molecular formula is C55H39B. The molecule has 1 aliphatic rings. The normalized spacial score (nSPS) is 12.2. The van der Waals surface area contributed by atoms with E-state index in [9.17, 15) is 0 Å². The van der Waals surface area contributed by atoms with Gasteiger partial charge in [0.15, 0.2) is 0 Å². The monoisotopic (exact) mass is 710 g/mol. The number of hydrogen-bond donors (Lipinski definition) is 0. The lowest BCUT2D eigenvalue weighted by Crippen LogP contribution is -2.56. The van der Waals surface area contributed by atoms with Crippen molar-refractivity contribution in [3.05, 3.63) is 199 Å². The van der Waals surface area contributed by atoms with Crippen molar-refractivity contribution in [1.82, 2.24) is 0 Å². The minimum absolute atomic E-state index is 0.0887. The van der Waals surface area contributed by atoms with E-state index in [1.807, 2.05) is 0 Å². The van der Waals surface area contributed by atoms with Gasteiger partial charge in [0.05, 0.1) is 0 Å². The smallest absolute Gasteiger partial charge is 0.0664 e. The summed E-state index contributed by atoms with van der Waals surface area (Å²) >= 11 is 0. The van der Waals surface area contributed by atoms with E-state index in [0.717, 1.165) is 0 Å². The summed E-state index contributed by atoms with van der Waals surface area (Å²) in [5, 5.41) is 7.98. The Bertz CT molecular complexity index is 3130. The number of benzene rings is 10. The molecule has 0 aliphatic carbocycles. The van der Waals surface area contributed by atoms with Crippen LogP contribution >= 0.6 is 0 Å². The van der Waals surface area contributed by atoms with Crippen LogP contribution in [0, 0.1) is 20.8 Å². The third kappa shape index (κ3) is 4.87. The lowest BCUT2D eigenvalue weighted by molar-refractivity contribution is 1.35. The Balaban J connectivity index is 1.33. The van der Waals surface area contributed by atoms with Crippen LogP contribution in [0.2, 0.25) is 0 Å². The predicted octanol–water partition coefficient (Wildman–Crippen LogP) is 12.7. The van der Waals surface area contributed by atoms with Crippen molar-refractivity contribution in [1.29, 1.82) is 0 Å². The summed E-state index contributed by atoms with van der Waals surface area (Å²) in [7, 11) is 0. The van der Waals surface area contributed by atoms with Crippen LogP contribution in [0.4, 0.5) is 0 Å². The molecule has 0 saturated carbocycles. The van der Waals surface area contributed by atoms with Crippen molar-refractivity contribution < 1.29 is 0 Å². The number of aryl methyl sites for hydroxylation is 3. The summed E-state index contributed by atoms with van der Waals surface area (Å²) in [6.45, 7) is 6.93. The molecule has 0 fully saturated rings. The van der Waals surface area contributed by atoms with Gasteiger partial charge in [-0.15, -0.1) is 0 Å². The van der Waals surface area contributed by atoms with Gasteiger partial charge in [-0.2, -0.15) is 0 Å². The summed E-state index contributed by atoms with van der Waals surface area (Å²) in [4.78, 5) is 0. The number of hydrogen-bond acceptors (Lipinski definition) is 0. The van der Waals surface area contributed by atoms with Crippen molar-refractivity contribution in [3.63, 3.8) is 0 Å². The highest BCUT2D eigenvalue weighted by atomic mass is 14.3. The van der Waals surface area contributed by atoms with Crippen molar-refractivity contribution in [2.75, 3.05) is 0 Å². The van der Waals surface area contributed by atoms with Crippen LogP contribution in [0.3, 0.4) is 0 Å². The molecule has 0 N–H and O–H groups in total. The van der Waals surface area contributed by atoms with Gasteiger partial charge in [0.25, 0.3) is 0 Å². The molecule has 10 aromatic carbocycles. The molecule has 0 nitrogen and oxygen atoms in total. The van der Waals surface area contributed by atoms with Crippen LogP contribution in [0.15, 0.2) is 182 Å². The van der Waals surface area contributed by atoms with Gasteiger partial charge in [-0.3, -0.25) is 0 Å². The molecule has 1 aliphatic heterocycles. The SMILES string of the molecule is Cc1cc(C)c(B2c3ccccc3-c3cc(-c4ccccc4-c4ccccc4)c4ccc5ccc(-c6ccccc6-c6ccccc6)c6cc2c3c4c56)c(C)c1. The molecule has 1 heteroatoms. The number of rotatable bonds is 5. The van der Waals surface area contributed by atoms with Crippen molar-refractivity contribution in [3.8, 4) is 55.6 Å². The summed E-state index contributed by atoms with van der Waals surface area (Å²) in [6, 6.07) is 68.2. The quantitative estimate of drug-likeness (QED) is 0.123. The molecule has 0 atom stereocenters. The van der Waals surface area contributed by atoms with Crippen molar-refractivity contribution >= 4 is 55.4 Å². The Morgan fingerprint density at radius 2 is 0.857 bits per heavy atom. The highest BCUT2D eigenvalue weighted by Crippen LogP contribution is 2.48. The highest BCUT2D eigenvalue weighted by Gasteiger charge is 2.36. The molecule has 0 saturated heterocycles. The van der Waals surface area contributed by atoms with E-state index < -0.39 is 0 Å². The zero-order chi connectivity index (χ0) is 37.5. The minimum Gasteiger partial charge on any atom is -0.0664 e. The highest BCUT2D eigenvalue weighted by molar-refractivity contribution is 6.99. The Hall–Kier alpha value is -6.70. The first-order valence-electron chi connectivity index (χ1n) is 19.8. The van der Waals surface area contributed by atoms with E-state index in [0.29, 0.717) is 0 Å². The fourth-order valence-corrected chi connectivity index (χ4v) is 10.2. The Morgan fingerprint density at radius 3 is 1.50 bits per heavy atom. The van der Waals surface area contributed by atoms with Gasteiger partial charge in [0, 0.05) is 0 Å². The van der Waals surface area contributed by atoms with Gasteiger partial charge in [-0.1, -0.05) is 209 Å². The molecular weight excluding hydrogens is 671 g/mol. The first kappa shape index (κ1) is 32.7. The maximum absolute atomic E-state index is 2.58. The maximum Gasteiger partial charge on any atom is 0.243 e. The van der Waals surface area contributed by atoms with Crippen LogP contribution < -0.4 is 16.4 Å². The third-order valence-electron chi connectivity index (χ3n) is 12.4. The molecule has 0 unspecified atom stereocenters. The van der Waals surface area contributed by atoms with E-state index in [-0.39, 0.29) is 6.71 Å². The second-order valence-corrected chi connectivity index (χ2v) is 15.7. The van der Waals surface area contributed by atoms with Crippen LogP contribution in [-0.4, -0.2) is 6.71 Å². The van der Waals surface area contributed by atoms with E-state index >= 15 is 0 Å².